The zero-order valence-electron chi connectivity index (χ0n) is 7.08. The van der Waals surface area contributed by atoms with E-state index in [1.165, 1.54) is 6.08 Å². The molecule has 0 aliphatic carbocycles. The standard InChI is InChI=1S/C10H10N2O/c1-2-7-12-10(13)6-5-9-4-3-8-11-9/h1,3-6,8,11H,7H2,(H,12,13)/b6-5+. The van der Waals surface area contributed by atoms with Gasteiger partial charge in [0.05, 0.1) is 6.54 Å². The second-order valence-electron chi connectivity index (χ2n) is 2.38. The fourth-order valence-corrected chi connectivity index (χ4v) is 0.810. The van der Waals surface area contributed by atoms with Crippen molar-refractivity contribution in [3.63, 3.8) is 0 Å². The van der Waals surface area contributed by atoms with Gasteiger partial charge in [0.2, 0.25) is 5.91 Å². The fraction of sp³-hybridized carbons (Fsp3) is 0.100. The summed E-state index contributed by atoms with van der Waals surface area (Å²) in [6.07, 6.45) is 9.88. The number of amides is 1. The zero-order valence-corrected chi connectivity index (χ0v) is 7.08. The number of aromatic amines is 1. The third-order valence-corrected chi connectivity index (χ3v) is 1.40. The molecule has 1 rings (SSSR count). The van der Waals surface area contributed by atoms with Crippen LogP contribution < -0.4 is 5.32 Å². The van der Waals surface area contributed by atoms with Crippen molar-refractivity contribution in [1.29, 1.82) is 0 Å². The monoisotopic (exact) mass is 174 g/mol. The summed E-state index contributed by atoms with van der Waals surface area (Å²) < 4.78 is 0. The second-order valence-corrected chi connectivity index (χ2v) is 2.38. The van der Waals surface area contributed by atoms with Gasteiger partial charge in [-0.15, -0.1) is 6.42 Å². The Hall–Kier alpha value is -1.95. The highest BCUT2D eigenvalue weighted by molar-refractivity contribution is 5.91. The van der Waals surface area contributed by atoms with Gasteiger partial charge < -0.3 is 10.3 Å². The highest BCUT2D eigenvalue weighted by atomic mass is 16.1. The Morgan fingerprint density at radius 3 is 3.23 bits per heavy atom. The summed E-state index contributed by atoms with van der Waals surface area (Å²) in [6.45, 7) is 0.258. The van der Waals surface area contributed by atoms with Gasteiger partial charge in [-0.25, -0.2) is 0 Å². The first kappa shape index (κ1) is 9.14. The van der Waals surface area contributed by atoms with Gasteiger partial charge in [-0.05, 0) is 18.2 Å². The van der Waals surface area contributed by atoms with E-state index in [0.717, 1.165) is 5.69 Å². The highest BCUT2D eigenvalue weighted by Crippen LogP contribution is 1.96. The van der Waals surface area contributed by atoms with Crippen molar-refractivity contribution in [3.05, 3.63) is 30.1 Å². The Morgan fingerprint density at radius 1 is 1.77 bits per heavy atom. The van der Waals surface area contributed by atoms with E-state index < -0.39 is 0 Å². The predicted molar refractivity (Wildman–Crippen MR) is 51.7 cm³/mol. The third-order valence-electron chi connectivity index (χ3n) is 1.40. The van der Waals surface area contributed by atoms with Gasteiger partial charge in [-0.3, -0.25) is 4.79 Å². The molecule has 13 heavy (non-hydrogen) atoms. The van der Waals surface area contributed by atoms with Crippen molar-refractivity contribution >= 4 is 12.0 Å². The van der Waals surface area contributed by atoms with Gasteiger partial charge in [-0.1, -0.05) is 5.92 Å². The Balaban J connectivity index is 2.41. The molecular weight excluding hydrogens is 164 g/mol. The summed E-state index contributed by atoms with van der Waals surface area (Å²) in [7, 11) is 0. The number of terminal acetylenes is 1. The lowest BCUT2D eigenvalue weighted by atomic mass is 10.3. The first-order valence-corrected chi connectivity index (χ1v) is 3.85. The molecular formula is C10H10N2O. The Kier molecular flexibility index (Phi) is 3.40. The van der Waals surface area contributed by atoms with E-state index in [0.29, 0.717) is 0 Å². The summed E-state index contributed by atoms with van der Waals surface area (Å²) in [4.78, 5) is 13.9. The van der Waals surface area contributed by atoms with Crippen LogP contribution in [0.15, 0.2) is 24.4 Å². The third kappa shape index (κ3) is 3.30. The predicted octanol–water partition coefficient (Wildman–Crippen LogP) is 0.777. The normalized spacial score (nSPS) is 9.77. The zero-order chi connectivity index (χ0) is 9.52. The van der Waals surface area contributed by atoms with E-state index in [9.17, 15) is 4.79 Å². The molecule has 2 N–H and O–H groups in total. The van der Waals surface area contributed by atoms with Crippen LogP contribution in [-0.4, -0.2) is 17.4 Å². The lowest BCUT2D eigenvalue weighted by Crippen LogP contribution is -2.20. The van der Waals surface area contributed by atoms with E-state index in [1.807, 2.05) is 12.1 Å². The molecule has 0 spiro atoms. The minimum Gasteiger partial charge on any atom is -0.362 e. The van der Waals surface area contributed by atoms with Gasteiger partial charge in [-0.2, -0.15) is 0 Å². The average Bonchev–Trinajstić information content (AvgIpc) is 2.64. The number of hydrogen-bond acceptors (Lipinski definition) is 1. The maximum Gasteiger partial charge on any atom is 0.244 e. The second kappa shape index (κ2) is 4.83. The largest absolute Gasteiger partial charge is 0.362 e. The highest BCUT2D eigenvalue weighted by Gasteiger charge is 1.91. The van der Waals surface area contributed by atoms with Crippen molar-refractivity contribution in [2.24, 2.45) is 0 Å². The van der Waals surface area contributed by atoms with Crippen LogP contribution in [0.4, 0.5) is 0 Å². The average molecular weight is 174 g/mol. The first-order chi connectivity index (χ1) is 6.33. The Morgan fingerprint density at radius 2 is 2.62 bits per heavy atom. The molecule has 0 bridgehead atoms. The van der Waals surface area contributed by atoms with Crippen LogP contribution in [-0.2, 0) is 4.79 Å². The number of aromatic nitrogens is 1. The summed E-state index contributed by atoms with van der Waals surface area (Å²) in [6, 6.07) is 3.73. The van der Waals surface area contributed by atoms with Gasteiger partial charge in [0.15, 0.2) is 0 Å². The molecule has 3 heteroatoms. The van der Waals surface area contributed by atoms with Crippen molar-refractivity contribution < 1.29 is 4.79 Å². The molecule has 0 fully saturated rings. The summed E-state index contributed by atoms with van der Waals surface area (Å²) in [5.41, 5.74) is 0.885. The Labute approximate surface area is 76.9 Å². The van der Waals surface area contributed by atoms with Crippen molar-refractivity contribution in [3.8, 4) is 12.3 Å². The van der Waals surface area contributed by atoms with E-state index >= 15 is 0 Å². The molecule has 0 unspecified atom stereocenters. The number of rotatable bonds is 3. The molecule has 0 aliphatic heterocycles. The fourth-order valence-electron chi connectivity index (χ4n) is 0.810. The van der Waals surface area contributed by atoms with Crippen LogP contribution in [0, 0.1) is 12.3 Å². The molecule has 0 saturated heterocycles. The minimum atomic E-state index is -0.187. The Bertz CT molecular complexity index is 330. The number of hydrogen-bond donors (Lipinski definition) is 2. The van der Waals surface area contributed by atoms with Crippen molar-refractivity contribution in [2.45, 2.75) is 0 Å². The molecule has 3 nitrogen and oxygen atoms in total. The maximum atomic E-state index is 11.0. The molecule has 1 aromatic heterocycles. The van der Waals surface area contributed by atoms with Crippen LogP contribution in [0.3, 0.4) is 0 Å². The van der Waals surface area contributed by atoms with E-state index in [1.54, 1.807) is 12.3 Å². The topological polar surface area (TPSA) is 44.9 Å². The molecule has 0 aromatic carbocycles. The van der Waals surface area contributed by atoms with Crippen molar-refractivity contribution in [2.75, 3.05) is 6.54 Å². The van der Waals surface area contributed by atoms with Crippen LogP contribution >= 0.6 is 0 Å². The van der Waals surface area contributed by atoms with Crippen LogP contribution in [0.5, 0.6) is 0 Å². The molecule has 1 aromatic rings. The number of H-pyrrole nitrogens is 1. The van der Waals surface area contributed by atoms with Gasteiger partial charge in [0.25, 0.3) is 0 Å². The molecule has 1 amide bonds. The summed E-state index contributed by atoms with van der Waals surface area (Å²) >= 11 is 0. The number of nitrogens with one attached hydrogen (secondary N) is 2. The van der Waals surface area contributed by atoms with Crippen molar-refractivity contribution in [1.82, 2.24) is 10.3 Å². The molecule has 1 heterocycles. The molecule has 0 radical (unpaired) electrons. The molecule has 0 saturated carbocycles. The van der Waals surface area contributed by atoms with E-state index in [4.69, 9.17) is 6.42 Å². The van der Waals surface area contributed by atoms with E-state index in [2.05, 4.69) is 16.2 Å². The lowest BCUT2D eigenvalue weighted by molar-refractivity contribution is -0.116. The van der Waals surface area contributed by atoms with Crippen LogP contribution in [0.25, 0.3) is 6.08 Å². The minimum absolute atomic E-state index is 0.187. The summed E-state index contributed by atoms with van der Waals surface area (Å²) in [5, 5.41) is 2.52. The SMILES string of the molecule is C#CCNC(=O)/C=C/c1ccc[nH]1. The quantitative estimate of drug-likeness (QED) is 0.516. The number of carbonyl (C=O) groups is 1. The lowest BCUT2D eigenvalue weighted by Gasteiger charge is -1.92. The van der Waals surface area contributed by atoms with Crippen LogP contribution in [0.2, 0.25) is 0 Å². The summed E-state index contributed by atoms with van der Waals surface area (Å²) in [5.74, 6) is 2.13. The molecule has 66 valence electrons. The van der Waals surface area contributed by atoms with Gasteiger partial charge >= 0.3 is 0 Å². The number of carbonyl (C=O) groups excluding carboxylic acids is 1. The van der Waals surface area contributed by atoms with E-state index in [-0.39, 0.29) is 12.5 Å². The molecule has 0 atom stereocenters. The molecule has 0 aliphatic rings. The van der Waals surface area contributed by atoms with Crippen LogP contribution in [0.1, 0.15) is 5.69 Å². The van der Waals surface area contributed by atoms with Gasteiger partial charge in [0.1, 0.15) is 0 Å². The van der Waals surface area contributed by atoms with Gasteiger partial charge in [0, 0.05) is 18.0 Å². The maximum absolute atomic E-state index is 11.0. The first-order valence-electron chi connectivity index (χ1n) is 3.85. The smallest absolute Gasteiger partial charge is 0.244 e.